The molecule has 0 atom stereocenters. The first-order chi connectivity index (χ1) is 9.99. The maximum atomic E-state index is 11.4. The number of nitrogens with one attached hydrogen (secondary N) is 1. The number of carbonyl (C=O) groups excluding carboxylic acids is 1. The fourth-order valence-corrected chi connectivity index (χ4v) is 2.16. The largest absolute Gasteiger partial charge is 0.491 e. The van der Waals surface area contributed by atoms with Gasteiger partial charge in [0.05, 0.1) is 12.5 Å². The Kier molecular flexibility index (Phi) is 7.19. The Morgan fingerprint density at radius 2 is 2.00 bits per heavy atom. The molecule has 0 fully saturated rings. The van der Waals surface area contributed by atoms with E-state index in [0.29, 0.717) is 0 Å². The molecule has 1 rings (SSSR count). The molecular weight excluding hydrogens is 266 g/mol. The van der Waals surface area contributed by atoms with Gasteiger partial charge >= 0.3 is 0 Å². The van der Waals surface area contributed by atoms with E-state index in [1.165, 1.54) is 0 Å². The summed E-state index contributed by atoms with van der Waals surface area (Å²) in [5.74, 6) is 5.83. The Hall–Kier alpha value is -1.59. The lowest BCUT2D eigenvalue weighted by Crippen LogP contribution is -2.31. The van der Waals surface area contributed by atoms with Gasteiger partial charge in [0.2, 0.25) is 5.91 Å². The van der Waals surface area contributed by atoms with E-state index < -0.39 is 0 Å². The predicted molar refractivity (Wildman–Crippen MR) is 84.9 cm³/mol. The summed E-state index contributed by atoms with van der Waals surface area (Å²) in [6.07, 6.45) is 0.405. The zero-order chi connectivity index (χ0) is 15.8. The van der Waals surface area contributed by atoms with Gasteiger partial charge in [-0.05, 0) is 38.6 Å². The molecule has 0 heterocycles. The Bertz CT molecular complexity index is 457. The molecule has 1 aromatic rings. The molecule has 0 saturated carbocycles. The van der Waals surface area contributed by atoms with Crippen LogP contribution in [0.3, 0.4) is 0 Å². The Labute approximate surface area is 127 Å². The number of carbonyl (C=O) groups is 1. The van der Waals surface area contributed by atoms with Gasteiger partial charge < -0.3 is 4.74 Å². The maximum absolute atomic E-state index is 11.4. The second kappa shape index (κ2) is 8.64. The standard InChI is InChI=1S/C16H27N3O2/c1-5-19(6-2)11-14-9-13(10-16(20)18-17)7-8-15(14)21-12(3)4/h7-9,12H,5-6,10-11,17H2,1-4H3,(H,18,20). The lowest BCUT2D eigenvalue weighted by Gasteiger charge is -2.22. The van der Waals surface area contributed by atoms with Crippen LogP contribution in [0.4, 0.5) is 0 Å². The second-order valence-corrected chi connectivity index (χ2v) is 5.31. The van der Waals surface area contributed by atoms with E-state index in [1.807, 2.05) is 32.0 Å². The molecule has 0 bridgehead atoms. The molecule has 1 aromatic carbocycles. The summed E-state index contributed by atoms with van der Waals surface area (Å²) in [7, 11) is 0. The summed E-state index contributed by atoms with van der Waals surface area (Å²) in [5, 5.41) is 0. The van der Waals surface area contributed by atoms with E-state index in [4.69, 9.17) is 10.6 Å². The van der Waals surface area contributed by atoms with E-state index in [0.717, 1.165) is 36.5 Å². The van der Waals surface area contributed by atoms with Gasteiger partial charge in [0, 0.05) is 12.1 Å². The quantitative estimate of drug-likeness (QED) is 0.436. The number of nitrogens with two attached hydrogens (primary N) is 1. The van der Waals surface area contributed by atoms with E-state index in [1.54, 1.807) is 0 Å². The summed E-state index contributed by atoms with van der Waals surface area (Å²) in [6, 6.07) is 5.89. The molecule has 1 amide bonds. The molecule has 3 N–H and O–H groups in total. The van der Waals surface area contributed by atoms with Crippen LogP contribution in [-0.4, -0.2) is 30.0 Å². The lowest BCUT2D eigenvalue weighted by atomic mass is 10.1. The van der Waals surface area contributed by atoms with Crippen molar-refractivity contribution in [3.63, 3.8) is 0 Å². The first-order valence-corrected chi connectivity index (χ1v) is 7.50. The van der Waals surface area contributed by atoms with Crippen LogP contribution < -0.4 is 16.0 Å². The molecule has 0 saturated heterocycles. The highest BCUT2D eigenvalue weighted by Crippen LogP contribution is 2.23. The van der Waals surface area contributed by atoms with Crippen molar-refractivity contribution in [2.24, 2.45) is 5.84 Å². The lowest BCUT2D eigenvalue weighted by molar-refractivity contribution is -0.120. The minimum absolute atomic E-state index is 0.124. The molecule has 0 aliphatic carbocycles. The summed E-state index contributed by atoms with van der Waals surface area (Å²) in [4.78, 5) is 13.7. The van der Waals surface area contributed by atoms with Crippen LogP contribution in [0.15, 0.2) is 18.2 Å². The maximum Gasteiger partial charge on any atom is 0.238 e. The van der Waals surface area contributed by atoms with Gasteiger partial charge in [-0.15, -0.1) is 0 Å². The Balaban J connectivity index is 3.00. The van der Waals surface area contributed by atoms with Gasteiger partial charge in [-0.1, -0.05) is 26.0 Å². The molecule has 5 heteroatoms. The molecule has 0 radical (unpaired) electrons. The van der Waals surface area contributed by atoms with Crippen molar-refractivity contribution in [3.8, 4) is 5.75 Å². The van der Waals surface area contributed by atoms with Crippen molar-refractivity contribution < 1.29 is 9.53 Å². The highest BCUT2D eigenvalue weighted by molar-refractivity contribution is 5.78. The number of benzene rings is 1. The highest BCUT2D eigenvalue weighted by atomic mass is 16.5. The van der Waals surface area contributed by atoms with Crippen molar-refractivity contribution in [3.05, 3.63) is 29.3 Å². The van der Waals surface area contributed by atoms with Crippen LogP contribution in [0.5, 0.6) is 5.75 Å². The third kappa shape index (κ3) is 5.73. The van der Waals surface area contributed by atoms with Crippen molar-refractivity contribution in [1.82, 2.24) is 10.3 Å². The average molecular weight is 293 g/mol. The number of amides is 1. The fourth-order valence-electron chi connectivity index (χ4n) is 2.16. The monoisotopic (exact) mass is 293 g/mol. The van der Waals surface area contributed by atoms with Crippen molar-refractivity contribution in [2.75, 3.05) is 13.1 Å². The van der Waals surface area contributed by atoms with E-state index in [9.17, 15) is 4.79 Å². The van der Waals surface area contributed by atoms with E-state index in [2.05, 4.69) is 24.2 Å². The first kappa shape index (κ1) is 17.5. The fraction of sp³-hybridized carbons (Fsp3) is 0.562. The third-order valence-corrected chi connectivity index (χ3v) is 3.30. The first-order valence-electron chi connectivity index (χ1n) is 7.50. The number of nitrogens with zero attached hydrogens (tertiary/aromatic N) is 1. The highest BCUT2D eigenvalue weighted by Gasteiger charge is 2.11. The second-order valence-electron chi connectivity index (χ2n) is 5.31. The number of ether oxygens (including phenoxy) is 1. The SMILES string of the molecule is CCN(CC)Cc1cc(CC(=O)NN)ccc1OC(C)C. The van der Waals surface area contributed by atoms with E-state index in [-0.39, 0.29) is 18.4 Å². The van der Waals surface area contributed by atoms with Gasteiger partial charge in [-0.25, -0.2) is 5.84 Å². The minimum atomic E-state index is -0.193. The number of rotatable bonds is 8. The molecular formula is C16H27N3O2. The molecule has 5 nitrogen and oxygen atoms in total. The number of hydrogen-bond acceptors (Lipinski definition) is 4. The van der Waals surface area contributed by atoms with Gasteiger partial charge in [0.25, 0.3) is 0 Å². The van der Waals surface area contributed by atoms with Crippen molar-refractivity contribution in [1.29, 1.82) is 0 Å². The van der Waals surface area contributed by atoms with Crippen molar-refractivity contribution >= 4 is 5.91 Å². The molecule has 0 aromatic heterocycles. The van der Waals surface area contributed by atoms with Crippen LogP contribution in [0.1, 0.15) is 38.8 Å². The Morgan fingerprint density at radius 3 is 2.52 bits per heavy atom. The van der Waals surface area contributed by atoms with Crippen LogP contribution in [0.2, 0.25) is 0 Å². The molecule has 118 valence electrons. The van der Waals surface area contributed by atoms with Crippen LogP contribution in [0, 0.1) is 0 Å². The summed E-state index contributed by atoms with van der Waals surface area (Å²) in [6.45, 7) is 11.1. The molecule has 0 unspecified atom stereocenters. The molecule has 0 aliphatic heterocycles. The summed E-state index contributed by atoms with van der Waals surface area (Å²) in [5.41, 5.74) is 4.21. The smallest absolute Gasteiger partial charge is 0.238 e. The summed E-state index contributed by atoms with van der Waals surface area (Å²) < 4.78 is 5.87. The van der Waals surface area contributed by atoms with Crippen molar-refractivity contribution in [2.45, 2.75) is 46.8 Å². The predicted octanol–water partition coefficient (Wildman–Crippen LogP) is 1.85. The third-order valence-electron chi connectivity index (χ3n) is 3.30. The average Bonchev–Trinajstić information content (AvgIpc) is 2.46. The van der Waals surface area contributed by atoms with Crippen LogP contribution in [-0.2, 0) is 17.8 Å². The van der Waals surface area contributed by atoms with Crippen LogP contribution >= 0.6 is 0 Å². The zero-order valence-corrected chi connectivity index (χ0v) is 13.5. The normalized spacial score (nSPS) is 11.0. The molecule has 0 spiro atoms. The van der Waals surface area contributed by atoms with Gasteiger partial charge in [-0.3, -0.25) is 15.1 Å². The van der Waals surface area contributed by atoms with Gasteiger partial charge in [-0.2, -0.15) is 0 Å². The van der Waals surface area contributed by atoms with E-state index >= 15 is 0 Å². The van der Waals surface area contributed by atoms with Crippen LogP contribution in [0.25, 0.3) is 0 Å². The minimum Gasteiger partial charge on any atom is -0.491 e. The molecule has 21 heavy (non-hydrogen) atoms. The zero-order valence-electron chi connectivity index (χ0n) is 13.5. The number of hydrazine groups is 1. The topological polar surface area (TPSA) is 67.6 Å². The van der Waals surface area contributed by atoms with Gasteiger partial charge in [0.1, 0.15) is 5.75 Å². The van der Waals surface area contributed by atoms with Gasteiger partial charge in [0.15, 0.2) is 0 Å². The summed E-state index contributed by atoms with van der Waals surface area (Å²) >= 11 is 0. The molecule has 0 aliphatic rings. The number of hydrogen-bond donors (Lipinski definition) is 2. The Morgan fingerprint density at radius 1 is 1.33 bits per heavy atom.